The van der Waals surface area contributed by atoms with E-state index in [1.165, 1.54) is 0 Å². The summed E-state index contributed by atoms with van der Waals surface area (Å²) in [5, 5.41) is 3.31. The van der Waals surface area contributed by atoms with Crippen molar-refractivity contribution < 1.29 is 9.47 Å². The molecule has 0 amide bonds. The summed E-state index contributed by atoms with van der Waals surface area (Å²) >= 11 is 3.47. The quantitative estimate of drug-likeness (QED) is 0.926. The number of hydrogen-bond acceptors (Lipinski definition) is 4. The molecule has 2 rings (SSSR count). The zero-order chi connectivity index (χ0) is 12.3. The molecule has 0 bridgehead atoms. The Morgan fingerprint density at radius 3 is 3.18 bits per heavy atom. The second-order valence-electron chi connectivity index (χ2n) is 4.28. The molecule has 2 atom stereocenters. The molecule has 1 aromatic rings. The molecule has 1 saturated heterocycles. The molecule has 1 aliphatic rings. The third-order valence-electron chi connectivity index (χ3n) is 2.68. The lowest BCUT2D eigenvalue weighted by Crippen LogP contribution is -2.45. The van der Waals surface area contributed by atoms with Gasteiger partial charge in [0.05, 0.1) is 10.6 Å². The lowest BCUT2D eigenvalue weighted by molar-refractivity contribution is -0.0477. The Morgan fingerprint density at radius 2 is 2.41 bits per heavy atom. The van der Waals surface area contributed by atoms with Crippen molar-refractivity contribution in [3.63, 3.8) is 0 Å². The highest BCUT2D eigenvalue weighted by molar-refractivity contribution is 9.10. The Morgan fingerprint density at radius 1 is 1.59 bits per heavy atom. The summed E-state index contributed by atoms with van der Waals surface area (Å²) in [6.45, 7) is 6.32. The van der Waals surface area contributed by atoms with Crippen molar-refractivity contribution in [3.05, 3.63) is 22.3 Å². The third-order valence-corrected chi connectivity index (χ3v) is 3.65. The molecular weight excluding hydrogens is 284 g/mol. The number of morpholine rings is 1. The molecule has 2 heterocycles. The minimum Gasteiger partial charge on any atom is -0.474 e. The largest absolute Gasteiger partial charge is 0.474 e. The molecule has 94 valence electrons. The van der Waals surface area contributed by atoms with E-state index >= 15 is 0 Å². The summed E-state index contributed by atoms with van der Waals surface area (Å²) in [5.74, 6) is 0.631. The van der Waals surface area contributed by atoms with Crippen LogP contribution < -0.4 is 10.1 Å². The first-order chi connectivity index (χ1) is 8.16. The minimum absolute atomic E-state index is 0.0907. The van der Waals surface area contributed by atoms with Crippen LogP contribution in [0, 0.1) is 6.92 Å². The average Bonchev–Trinajstić information content (AvgIpc) is 2.31. The molecule has 0 saturated carbocycles. The standard InChI is InChI=1S/C12H17BrN2O2/c1-8-3-4-15-12(11(8)13)16-7-10-6-14-5-9(2)17-10/h3-4,9-10,14H,5-7H2,1-2H3. The lowest BCUT2D eigenvalue weighted by Gasteiger charge is -2.28. The van der Waals surface area contributed by atoms with E-state index in [0.29, 0.717) is 12.5 Å². The number of rotatable bonds is 3. The Balaban J connectivity index is 1.91. The molecule has 17 heavy (non-hydrogen) atoms. The number of halogens is 1. The van der Waals surface area contributed by atoms with Crippen molar-refractivity contribution in [2.24, 2.45) is 0 Å². The van der Waals surface area contributed by atoms with Crippen LogP contribution in [0.25, 0.3) is 0 Å². The van der Waals surface area contributed by atoms with Crippen LogP contribution in [0.1, 0.15) is 12.5 Å². The van der Waals surface area contributed by atoms with Crippen LogP contribution in [0.3, 0.4) is 0 Å². The lowest BCUT2D eigenvalue weighted by atomic mass is 10.2. The number of pyridine rings is 1. The van der Waals surface area contributed by atoms with Crippen LogP contribution in [-0.4, -0.2) is 36.9 Å². The van der Waals surface area contributed by atoms with Gasteiger partial charge in [-0.1, -0.05) is 0 Å². The van der Waals surface area contributed by atoms with E-state index in [1.807, 2.05) is 13.0 Å². The summed E-state index contributed by atoms with van der Waals surface area (Å²) < 4.78 is 12.3. The second-order valence-corrected chi connectivity index (χ2v) is 5.08. The molecule has 2 unspecified atom stereocenters. The highest BCUT2D eigenvalue weighted by atomic mass is 79.9. The van der Waals surface area contributed by atoms with E-state index in [2.05, 4.69) is 33.2 Å². The molecule has 5 heteroatoms. The summed E-state index contributed by atoms with van der Waals surface area (Å²) in [4.78, 5) is 4.20. The molecule has 1 N–H and O–H groups in total. The molecule has 0 radical (unpaired) electrons. The van der Waals surface area contributed by atoms with E-state index < -0.39 is 0 Å². The van der Waals surface area contributed by atoms with Crippen LogP contribution >= 0.6 is 15.9 Å². The highest BCUT2D eigenvalue weighted by Crippen LogP contribution is 2.25. The van der Waals surface area contributed by atoms with Crippen LogP contribution in [0.2, 0.25) is 0 Å². The predicted octanol–water partition coefficient (Wildman–Crippen LogP) is 1.91. The Hall–Kier alpha value is -0.650. The first kappa shape index (κ1) is 12.8. The number of ether oxygens (including phenoxy) is 2. The van der Waals surface area contributed by atoms with Gasteiger partial charge in [-0.25, -0.2) is 4.98 Å². The van der Waals surface area contributed by atoms with Gasteiger partial charge in [0.1, 0.15) is 12.7 Å². The van der Waals surface area contributed by atoms with Gasteiger partial charge in [-0.3, -0.25) is 0 Å². The first-order valence-electron chi connectivity index (χ1n) is 5.77. The summed E-state index contributed by atoms with van der Waals surface area (Å²) in [5.41, 5.74) is 1.12. The number of aryl methyl sites for hydroxylation is 1. The SMILES string of the molecule is Cc1ccnc(OCC2CNCC(C)O2)c1Br. The van der Waals surface area contributed by atoms with Gasteiger partial charge >= 0.3 is 0 Å². The molecular formula is C12H17BrN2O2. The number of hydrogen-bond donors (Lipinski definition) is 1. The van der Waals surface area contributed by atoms with Crippen molar-refractivity contribution in [2.45, 2.75) is 26.1 Å². The molecule has 0 spiro atoms. The number of aromatic nitrogens is 1. The van der Waals surface area contributed by atoms with Crippen LogP contribution in [0.4, 0.5) is 0 Å². The average molecular weight is 301 g/mol. The maximum Gasteiger partial charge on any atom is 0.228 e. The van der Waals surface area contributed by atoms with Gasteiger partial charge in [0.15, 0.2) is 0 Å². The molecule has 1 fully saturated rings. The predicted molar refractivity (Wildman–Crippen MR) is 69.4 cm³/mol. The second kappa shape index (κ2) is 5.80. The van der Waals surface area contributed by atoms with Gasteiger partial charge < -0.3 is 14.8 Å². The van der Waals surface area contributed by atoms with Crippen molar-refractivity contribution in [3.8, 4) is 5.88 Å². The Labute approximate surface area is 110 Å². The maximum absolute atomic E-state index is 5.75. The molecule has 1 aliphatic heterocycles. The number of nitrogens with zero attached hydrogens (tertiary/aromatic N) is 1. The van der Waals surface area contributed by atoms with Crippen molar-refractivity contribution in [1.82, 2.24) is 10.3 Å². The summed E-state index contributed by atoms with van der Waals surface area (Å²) in [6.07, 6.45) is 2.08. The monoisotopic (exact) mass is 300 g/mol. The zero-order valence-electron chi connectivity index (χ0n) is 10.1. The normalized spacial score (nSPS) is 24.6. The zero-order valence-corrected chi connectivity index (χ0v) is 11.7. The van der Waals surface area contributed by atoms with Gasteiger partial charge in [-0.2, -0.15) is 0 Å². The van der Waals surface area contributed by atoms with E-state index in [4.69, 9.17) is 9.47 Å². The van der Waals surface area contributed by atoms with Crippen molar-refractivity contribution in [2.75, 3.05) is 19.7 Å². The van der Waals surface area contributed by atoms with E-state index in [0.717, 1.165) is 23.1 Å². The van der Waals surface area contributed by atoms with E-state index in [1.54, 1.807) is 6.20 Å². The summed E-state index contributed by atoms with van der Waals surface area (Å²) in [7, 11) is 0. The van der Waals surface area contributed by atoms with Gasteiger partial charge in [0, 0.05) is 19.3 Å². The fraction of sp³-hybridized carbons (Fsp3) is 0.583. The molecule has 4 nitrogen and oxygen atoms in total. The molecule has 1 aromatic heterocycles. The minimum atomic E-state index is 0.0907. The smallest absolute Gasteiger partial charge is 0.228 e. The van der Waals surface area contributed by atoms with Gasteiger partial charge in [0.2, 0.25) is 5.88 Å². The van der Waals surface area contributed by atoms with Crippen molar-refractivity contribution >= 4 is 15.9 Å². The van der Waals surface area contributed by atoms with E-state index in [9.17, 15) is 0 Å². The van der Waals surface area contributed by atoms with Gasteiger partial charge in [-0.15, -0.1) is 0 Å². The number of nitrogens with one attached hydrogen (secondary N) is 1. The third kappa shape index (κ3) is 3.40. The fourth-order valence-electron chi connectivity index (χ4n) is 1.76. The topological polar surface area (TPSA) is 43.4 Å². The maximum atomic E-state index is 5.75. The van der Waals surface area contributed by atoms with E-state index in [-0.39, 0.29) is 12.2 Å². The molecule has 0 aliphatic carbocycles. The van der Waals surface area contributed by atoms with Crippen LogP contribution in [-0.2, 0) is 4.74 Å². The summed E-state index contributed by atoms with van der Waals surface area (Å²) in [6, 6.07) is 1.94. The first-order valence-corrected chi connectivity index (χ1v) is 6.56. The van der Waals surface area contributed by atoms with Crippen molar-refractivity contribution in [1.29, 1.82) is 0 Å². The van der Waals surface area contributed by atoms with Gasteiger partial charge in [-0.05, 0) is 41.4 Å². The fourth-order valence-corrected chi connectivity index (χ4v) is 2.11. The van der Waals surface area contributed by atoms with Crippen LogP contribution in [0.15, 0.2) is 16.7 Å². The molecule has 0 aromatic carbocycles. The van der Waals surface area contributed by atoms with Crippen LogP contribution in [0.5, 0.6) is 5.88 Å². The Kier molecular flexibility index (Phi) is 4.36. The Bertz CT molecular complexity index is 387. The van der Waals surface area contributed by atoms with Gasteiger partial charge in [0.25, 0.3) is 0 Å². The highest BCUT2D eigenvalue weighted by Gasteiger charge is 2.19.